The van der Waals surface area contributed by atoms with Crippen molar-refractivity contribution in [2.24, 2.45) is 0 Å². The summed E-state index contributed by atoms with van der Waals surface area (Å²) in [6.07, 6.45) is 2.27. The molecule has 1 N–H and O–H groups in total. The van der Waals surface area contributed by atoms with E-state index in [1.54, 1.807) is 7.11 Å². The average molecular weight is 200 g/mol. The Balaban J connectivity index is 2.18. The molecule has 0 aromatic carbocycles. The van der Waals surface area contributed by atoms with Gasteiger partial charge in [-0.15, -0.1) is 0 Å². The molecule has 1 heterocycles. The maximum atomic E-state index is 11.6. The number of nitrogens with zero attached hydrogens (tertiary/aromatic N) is 1. The SMILES string of the molecule is CCCNCC(=O)N1CCC(OC)C1. The van der Waals surface area contributed by atoms with Crippen molar-refractivity contribution in [3.8, 4) is 0 Å². The Labute approximate surface area is 85.6 Å². The number of nitrogens with one attached hydrogen (secondary N) is 1. The van der Waals surface area contributed by atoms with Crippen LogP contribution < -0.4 is 5.32 Å². The minimum atomic E-state index is 0.193. The van der Waals surface area contributed by atoms with Crippen LogP contribution in [0.25, 0.3) is 0 Å². The van der Waals surface area contributed by atoms with Crippen LogP contribution in [-0.4, -0.2) is 50.2 Å². The van der Waals surface area contributed by atoms with Gasteiger partial charge in [-0.25, -0.2) is 0 Å². The third kappa shape index (κ3) is 3.27. The second-order valence-corrected chi connectivity index (χ2v) is 3.66. The smallest absolute Gasteiger partial charge is 0.236 e. The summed E-state index contributed by atoms with van der Waals surface area (Å²) in [4.78, 5) is 13.5. The minimum absolute atomic E-state index is 0.193. The Bertz CT molecular complexity index is 185. The van der Waals surface area contributed by atoms with Crippen LogP contribution in [0.5, 0.6) is 0 Å². The molecular formula is C10H20N2O2. The van der Waals surface area contributed by atoms with Gasteiger partial charge in [0.1, 0.15) is 0 Å². The first-order valence-corrected chi connectivity index (χ1v) is 5.29. The van der Waals surface area contributed by atoms with Crippen LogP contribution >= 0.6 is 0 Å². The van der Waals surface area contributed by atoms with Crippen molar-refractivity contribution in [3.63, 3.8) is 0 Å². The highest BCUT2D eigenvalue weighted by atomic mass is 16.5. The number of amides is 1. The van der Waals surface area contributed by atoms with Gasteiger partial charge in [-0.05, 0) is 19.4 Å². The summed E-state index contributed by atoms with van der Waals surface area (Å²) in [7, 11) is 1.70. The van der Waals surface area contributed by atoms with Crippen LogP contribution in [0.4, 0.5) is 0 Å². The van der Waals surface area contributed by atoms with Gasteiger partial charge in [0.15, 0.2) is 0 Å². The molecule has 0 spiro atoms. The zero-order chi connectivity index (χ0) is 10.4. The summed E-state index contributed by atoms with van der Waals surface area (Å²) in [5.41, 5.74) is 0. The van der Waals surface area contributed by atoms with Crippen LogP contribution in [0.15, 0.2) is 0 Å². The molecule has 1 atom stereocenters. The lowest BCUT2D eigenvalue weighted by molar-refractivity contribution is -0.129. The van der Waals surface area contributed by atoms with E-state index in [0.29, 0.717) is 6.54 Å². The van der Waals surface area contributed by atoms with Gasteiger partial charge in [-0.3, -0.25) is 4.79 Å². The van der Waals surface area contributed by atoms with Crippen molar-refractivity contribution in [3.05, 3.63) is 0 Å². The van der Waals surface area contributed by atoms with E-state index < -0.39 is 0 Å². The highest BCUT2D eigenvalue weighted by molar-refractivity contribution is 5.78. The zero-order valence-electron chi connectivity index (χ0n) is 9.08. The maximum Gasteiger partial charge on any atom is 0.236 e. The number of hydrogen-bond acceptors (Lipinski definition) is 3. The van der Waals surface area contributed by atoms with E-state index in [-0.39, 0.29) is 12.0 Å². The van der Waals surface area contributed by atoms with Crippen LogP contribution in [-0.2, 0) is 9.53 Å². The summed E-state index contributed by atoms with van der Waals surface area (Å²) in [5, 5.41) is 3.11. The van der Waals surface area contributed by atoms with Gasteiger partial charge in [-0.1, -0.05) is 6.92 Å². The summed E-state index contributed by atoms with van der Waals surface area (Å²) in [5.74, 6) is 0.193. The maximum absolute atomic E-state index is 11.6. The number of carbonyl (C=O) groups excluding carboxylic acids is 1. The summed E-state index contributed by atoms with van der Waals surface area (Å²) in [6, 6.07) is 0. The van der Waals surface area contributed by atoms with Crippen molar-refractivity contribution in [1.82, 2.24) is 10.2 Å². The molecule has 1 saturated heterocycles. The third-order valence-electron chi connectivity index (χ3n) is 2.53. The summed E-state index contributed by atoms with van der Waals surface area (Å²) in [6.45, 7) is 5.06. The molecule has 1 unspecified atom stereocenters. The Morgan fingerprint density at radius 3 is 3.00 bits per heavy atom. The van der Waals surface area contributed by atoms with E-state index in [9.17, 15) is 4.79 Å². The van der Waals surface area contributed by atoms with E-state index in [2.05, 4.69) is 12.2 Å². The summed E-state index contributed by atoms with van der Waals surface area (Å²) < 4.78 is 5.20. The molecule has 1 rings (SSSR count). The predicted molar refractivity (Wildman–Crippen MR) is 55.2 cm³/mol. The molecule has 4 heteroatoms. The molecule has 14 heavy (non-hydrogen) atoms. The fourth-order valence-corrected chi connectivity index (χ4v) is 1.63. The van der Waals surface area contributed by atoms with Gasteiger partial charge in [0, 0.05) is 20.2 Å². The highest BCUT2D eigenvalue weighted by Gasteiger charge is 2.25. The first kappa shape index (κ1) is 11.5. The zero-order valence-corrected chi connectivity index (χ0v) is 9.08. The molecule has 1 amide bonds. The Kier molecular flexibility index (Phi) is 4.90. The molecule has 1 fully saturated rings. The van der Waals surface area contributed by atoms with Gasteiger partial charge >= 0.3 is 0 Å². The molecule has 4 nitrogen and oxygen atoms in total. The molecule has 0 aromatic rings. The van der Waals surface area contributed by atoms with Crippen LogP contribution in [0.2, 0.25) is 0 Å². The fraction of sp³-hybridized carbons (Fsp3) is 0.900. The number of likely N-dealkylation sites (tertiary alicyclic amines) is 1. The molecule has 82 valence electrons. The van der Waals surface area contributed by atoms with Crippen LogP contribution in [0.3, 0.4) is 0 Å². The predicted octanol–water partition coefficient (Wildman–Crippen LogP) is 0.233. The average Bonchev–Trinajstić information content (AvgIpc) is 2.66. The van der Waals surface area contributed by atoms with E-state index in [1.807, 2.05) is 4.90 Å². The number of methoxy groups -OCH3 is 1. The van der Waals surface area contributed by atoms with Crippen molar-refractivity contribution in [1.29, 1.82) is 0 Å². The molecule has 0 bridgehead atoms. The Morgan fingerprint density at radius 1 is 1.64 bits per heavy atom. The molecule has 0 radical (unpaired) electrons. The minimum Gasteiger partial charge on any atom is -0.380 e. The monoisotopic (exact) mass is 200 g/mol. The van der Waals surface area contributed by atoms with E-state index in [4.69, 9.17) is 4.74 Å². The quantitative estimate of drug-likeness (QED) is 0.646. The van der Waals surface area contributed by atoms with E-state index >= 15 is 0 Å². The lowest BCUT2D eigenvalue weighted by atomic mass is 10.3. The lowest BCUT2D eigenvalue weighted by Crippen LogP contribution is -2.37. The summed E-state index contributed by atoms with van der Waals surface area (Å²) >= 11 is 0. The first-order chi connectivity index (χ1) is 6.77. The topological polar surface area (TPSA) is 41.6 Å². The molecule has 1 aliphatic heterocycles. The molecule has 0 aliphatic carbocycles. The normalized spacial score (nSPS) is 21.6. The van der Waals surface area contributed by atoms with Crippen molar-refractivity contribution >= 4 is 5.91 Å². The number of carbonyl (C=O) groups is 1. The van der Waals surface area contributed by atoms with Gasteiger partial charge in [0.2, 0.25) is 5.91 Å². The number of hydrogen-bond donors (Lipinski definition) is 1. The van der Waals surface area contributed by atoms with Crippen molar-refractivity contribution in [2.75, 3.05) is 33.3 Å². The lowest BCUT2D eigenvalue weighted by Gasteiger charge is -2.16. The molecule has 0 saturated carbocycles. The van der Waals surface area contributed by atoms with Gasteiger partial charge in [-0.2, -0.15) is 0 Å². The standard InChI is InChI=1S/C10H20N2O2/c1-3-5-11-7-10(13)12-6-4-9(8-12)14-2/h9,11H,3-8H2,1-2H3. The van der Waals surface area contributed by atoms with Crippen LogP contribution in [0.1, 0.15) is 19.8 Å². The fourth-order valence-electron chi connectivity index (χ4n) is 1.63. The van der Waals surface area contributed by atoms with Gasteiger partial charge in [0.25, 0.3) is 0 Å². The van der Waals surface area contributed by atoms with Crippen molar-refractivity contribution < 1.29 is 9.53 Å². The highest BCUT2D eigenvalue weighted by Crippen LogP contribution is 2.11. The molecular weight excluding hydrogens is 180 g/mol. The Morgan fingerprint density at radius 2 is 2.43 bits per heavy atom. The second kappa shape index (κ2) is 5.98. The first-order valence-electron chi connectivity index (χ1n) is 5.29. The van der Waals surface area contributed by atoms with Crippen molar-refractivity contribution in [2.45, 2.75) is 25.9 Å². The van der Waals surface area contributed by atoms with Gasteiger partial charge < -0.3 is 15.0 Å². The second-order valence-electron chi connectivity index (χ2n) is 3.66. The van der Waals surface area contributed by atoms with E-state index in [0.717, 1.165) is 32.5 Å². The number of ether oxygens (including phenoxy) is 1. The largest absolute Gasteiger partial charge is 0.380 e. The molecule has 0 aromatic heterocycles. The van der Waals surface area contributed by atoms with E-state index in [1.165, 1.54) is 0 Å². The van der Waals surface area contributed by atoms with Crippen LogP contribution in [0, 0.1) is 0 Å². The third-order valence-corrected chi connectivity index (χ3v) is 2.53. The Hall–Kier alpha value is -0.610. The molecule has 1 aliphatic rings. The van der Waals surface area contributed by atoms with Gasteiger partial charge in [0.05, 0.1) is 12.6 Å². The number of rotatable bonds is 5.